The molecule has 0 N–H and O–H groups in total. The van der Waals surface area contributed by atoms with E-state index in [9.17, 15) is 13.2 Å². The van der Waals surface area contributed by atoms with Crippen molar-refractivity contribution >= 4 is 43.1 Å². The topological polar surface area (TPSA) is 92.7 Å². The minimum absolute atomic E-state index is 0.0120. The number of sulfone groups is 1. The number of carbonyl (C=O) groups excluding carboxylic acids is 1. The zero-order valence-electron chi connectivity index (χ0n) is 17.7. The Morgan fingerprint density at radius 1 is 1.12 bits per heavy atom. The van der Waals surface area contributed by atoms with Gasteiger partial charge in [0.25, 0.3) is 0 Å². The van der Waals surface area contributed by atoms with Crippen LogP contribution in [0.4, 0.5) is 5.82 Å². The van der Waals surface area contributed by atoms with E-state index in [1.165, 1.54) is 0 Å². The Kier molecular flexibility index (Phi) is 5.50. The first-order chi connectivity index (χ1) is 15.4. The quantitative estimate of drug-likeness (QED) is 0.576. The van der Waals surface area contributed by atoms with Gasteiger partial charge in [-0.2, -0.15) is 0 Å². The van der Waals surface area contributed by atoms with Crippen LogP contribution < -0.4 is 9.64 Å². The highest BCUT2D eigenvalue weighted by Gasteiger charge is 2.36. The SMILES string of the molecule is COc1ccc(-c2cc3ncnc(N4CCN(C(=O)[C@@H]5CCS(=O)(=O)C5)CC4)c3s2)cc1. The molecule has 10 heteroatoms. The van der Waals surface area contributed by atoms with Crippen molar-refractivity contribution < 1.29 is 17.9 Å². The lowest BCUT2D eigenvalue weighted by Crippen LogP contribution is -2.50. The summed E-state index contributed by atoms with van der Waals surface area (Å²) in [4.78, 5) is 26.9. The van der Waals surface area contributed by atoms with Crippen molar-refractivity contribution in [3.05, 3.63) is 36.7 Å². The molecule has 1 atom stereocenters. The molecule has 4 heterocycles. The number of anilines is 1. The molecule has 2 aliphatic rings. The Labute approximate surface area is 190 Å². The van der Waals surface area contributed by atoms with E-state index in [1.54, 1.807) is 29.7 Å². The van der Waals surface area contributed by atoms with E-state index in [1.807, 2.05) is 24.3 Å². The Morgan fingerprint density at radius 2 is 1.88 bits per heavy atom. The second-order valence-corrected chi connectivity index (χ2v) is 11.4. The summed E-state index contributed by atoms with van der Waals surface area (Å²) in [7, 11) is -1.41. The number of methoxy groups -OCH3 is 1. The highest BCUT2D eigenvalue weighted by Crippen LogP contribution is 2.37. The van der Waals surface area contributed by atoms with E-state index < -0.39 is 9.84 Å². The Bertz CT molecular complexity index is 1250. The Hall–Kier alpha value is -2.72. The monoisotopic (exact) mass is 472 g/mol. The molecule has 2 fully saturated rings. The van der Waals surface area contributed by atoms with Crippen LogP contribution in [0.1, 0.15) is 6.42 Å². The molecular weight excluding hydrogens is 448 g/mol. The highest BCUT2D eigenvalue weighted by atomic mass is 32.2. The molecule has 2 aliphatic heterocycles. The van der Waals surface area contributed by atoms with E-state index >= 15 is 0 Å². The summed E-state index contributed by atoms with van der Waals surface area (Å²) in [6.07, 6.45) is 2.03. The van der Waals surface area contributed by atoms with E-state index in [2.05, 4.69) is 20.9 Å². The summed E-state index contributed by atoms with van der Waals surface area (Å²) in [5.74, 6) is 1.39. The van der Waals surface area contributed by atoms with Gasteiger partial charge in [0.1, 0.15) is 17.9 Å². The maximum absolute atomic E-state index is 12.8. The number of amides is 1. The summed E-state index contributed by atoms with van der Waals surface area (Å²) in [5.41, 5.74) is 2.00. The van der Waals surface area contributed by atoms with Crippen molar-refractivity contribution in [2.24, 2.45) is 5.92 Å². The van der Waals surface area contributed by atoms with Crippen molar-refractivity contribution in [1.29, 1.82) is 0 Å². The number of piperazine rings is 1. The first-order valence-corrected chi connectivity index (χ1v) is 13.2. The third kappa shape index (κ3) is 4.04. The summed E-state index contributed by atoms with van der Waals surface area (Å²) in [6, 6.07) is 10.0. The van der Waals surface area contributed by atoms with E-state index in [0.29, 0.717) is 32.6 Å². The number of hydrogen-bond acceptors (Lipinski definition) is 8. The van der Waals surface area contributed by atoms with Gasteiger partial charge < -0.3 is 14.5 Å². The lowest BCUT2D eigenvalue weighted by atomic mass is 10.1. The molecule has 0 radical (unpaired) electrons. The van der Waals surface area contributed by atoms with Crippen molar-refractivity contribution in [3.8, 4) is 16.2 Å². The van der Waals surface area contributed by atoms with Crippen LogP contribution in [0, 0.1) is 5.92 Å². The maximum Gasteiger partial charge on any atom is 0.226 e. The predicted molar refractivity (Wildman–Crippen MR) is 125 cm³/mol. The second-order valence-electron chi connectivity index (χ2n) is 8.16. The average Bonchev–Trinajstić information content (AvgIpc) is 3.41. The number of hydrogen-bond donors (Lipinski definition) is 0. The van der Waals surface area contributed by atoms with Crippen molar-refractivity contribution in [2.45, 2.75) is 6.42 Å². The van der Waals surface area contributed by atoms with E-state index in [4.69, 9.17) is 4.74 Å². The summed E-state index contributed by atoms with van der Waals surface area (Å²) >= 11 is 1.66. The second kappa shape index (κ2) is 8.32. The van der Waals surface area contributed by atoms with Gasteiger partial charge in [0.05, 0.1) is 34.8 Å². The van der Waals surface area contributed by atoms with Gasteiger partial charge in [-0.1, -0.05) is 0 Å². The molecular formula is C22H24N4O4S2. The van der Waals surface area contributed by atoms with Crippen molar-refractivity contribution in [3.63, 3.8) is 0 Å². The third-order valence-corrected chi connectivity index (χ3v) is 9.08. The molecule has 0 unspecified atom stereocenters. The average molecular weight is 473 g/mol. The molecule has 0 saturated carbocycles. The normalized spacial score (nSPS) is 20.6. The number of fused-ring (bicyclic) bond motifs is 1. The molecule has 3 aromatic rings. The Balaban J connectivity index is 1.32. The van der Waals surface area contributed by atoms with Gasteiger partial charge in [0, 0.05) is 31.1 Å². The molecule has 8 nitrogen and oxygen atoms in total. The van der Waals surface area contributed by atoms with Crippen LogP contribution in [-0.2, 0) is 14.6 Å². The van der Waals surface area contributed by atoms with Gasteiger partial charge in [-0.25, -0.2) is 18.4 Å². The smallest absolute Gasteiger partial charge is 0.226 e. The predicted octanol–water partition coefficient (Wildman–Crippen LogP) is 2.45. The van der Waals surface area contributed by atoms with Gasteiger partial charge in [-0.3, -0.25) is 4.79 Å². The van der Waals surface area contributed by atoms with Gasteiger partial charge >= 0.3 is 0 Å². The van der Waals surface area contributed by atoms with Crippen LogP contribution >= 0.6 is 11.3 Å². The molecule has 168 valence electrons. The summed E-state index contributed by atoms with van der Waals surface area (Å²) < 4.78 is 29.7. The number of carbonyl (C=O) groups is 1. The Morgan fingerprint density at radius 3 is 2.53 bits per heavy atom. The zero-order chi connectivity index (χ0) is 22.3. The van der Waals surface area contributed by atoms with Crippen LogP contribution in [0.2, 0.25) is 0 Å². The van der Waals surface area contributed by atoms with Crippen LogP contribution in [0.5, 0.6) is 5.75 Å². The summed E-state index contributed by atoms with van der Waals surface area (Å²) in [6.45, 7) is 2.45. The molecule has 0 spiro atoms. The van der Waals surface area contributed by atoms with E-state index in [-0.39, 0.29) is 23.3 Å². The van der Waals surface area contributed by atoms with Gasteiger partial charge in [-0.15, -0.1) is 11.3 Å². The molecule has 2 saturated heterocycles. The van der Waals surface area contributed by atoms with Crippen molar-refractivity contribution in [1.82, 2.24) is 14.9 Å². The van der Waals surface area contributed by atoms with Crippen LogP contribution in [-0.4, -0.2) is 74.0 Å². The number of benzene rings is 1. The third-order valence-electron chi connectivity index (χ3n) is 6.14. The molecule has 0 bridgehead atoms. The van der Waals surface area contributed by atoms with Gasteiger partial charge in [0.2, 0.25) is 5.91 Å². The number of rotatable bonds is 4. The lowest BCUT2D eigenvalue weighted by Gasteiger charge is -2.36. The first-order valence-electron chi connectivity index (χ1n) is 10.6. The zero-order valence-corrected chi connectivity index (χ0v) is 19.4. The number of aromatic nitrogens is 2. The minimum atomic E-state index is -3.06. The van der Waals surface area contributed by atoms with Crippen molar-refractivity contribution in [2.75, 3.05) is 49.7 Å². The maximum atomic E-state index is 12.8. The fourth-order valence-corrected chi connectivity index (χ4v) is 7.22. The largest absolute Gasteiger partial charge is 0.497 e. The molecule has 0 aliphatic carbocycles. The number of ether oxygens (including phenoxy) is 1. The molecule has 2 aromatic heterocycles. The molecule has 32 heavy (non-hydrogen) atoms. The van der Waals surface area contributed by atoms with Gasteiger partial charge in [0.15, 0.2) is 9.84 Å². The number of nitrogens with zero attached hydrogens (tertiary/aromatic N) is 4. The minimum Gasteiger partial charge on any atom is -0.497 e. The molecule has 1 aromatic carbocycles. The van der Waals surface area contributed by atoms with Gasteiger partial charge in [-0.05, 0) is 42.3 Å². The first kappa shape index (κ1) is 21.1. The van der Waals surface area contributed by atoms with Crippen LogP contribution in [0.25, 0.3) is 20.7 Å². The lowest BCUT2D eigenvalue weighted by molar-refractivity contribution is -0.135. The van der Waals surface area contributed by atoms with E-state index in [0.717, 1.165) is 32.2 Å². The van der Waals surface area contributed by atoms with Crippen LogP contribution in [0.3, 0.4) is 0 Å². The fraction of sp³-hybridized carbons (Fsp3) is 0.409. The molecule has 1 amide bonds. The standard InChI is InChI=1S/C22H24N4O4S2/c1-30-17-4-2-15(3-5-17)19-12-18-20(31-19)21(24-14-23-18)25-7-9-26(10-8-25)22(27)16-6-11-32(28,29)13-16/h2-5,12,14,16H,6-11,13H2,1H3/t16-/m1/s1. The molecule has 5 rings (SSSR count). The number of thiophene rings is 1. The highest BCUT2D eigenvalue weighted by molar-refractivity contribution is 7.91. The fourth-order valence-electron chi connectivity index (χ4n) is 4.35. The summed E-state index contributed by atoms with van der Waals surface area (Å²) in [5, 5.41) is 0. The van der Waals surface area contributed by atoms with Crippen LogP contribution in [0.15, 0.2) is 36.7 Å².